The van der Waals surface area contributed by atoms with E-state index in [1.165, 1.54) is 23.5 Å². The Bertz CT molecular complexity index is 1050. The third-order valence-electron chi connectivity index (χ3n) is 3.38. The molecule has 134 valence electrons. The number of nitrogens with one attached hydrogen (secondary N) is 1. The highest BCUT2D eigenvalue weighted by Crippen LogP contribution is 2.30. The predicted molar refractivity (Wildman–Crippen MR) is 89.9 cm³/mol. The Morgan fingerprint density at radius 2 is 1.96 bits per heavy atom. The van der Waals surface area contributed by atoms with E-state index in [4.69, 9.17) is 0 Å². The molecule has 0 amide bonds. The van der Waals surface area contributed by atoms with Crippen molar-refractivity contribution >= 4 is 32.2 Å². The number of H-pyrrole nitrogens is 1. The summed E-state index contributed by atoms with van der Waals surface area (Å²) in [5.74, 6) is 0.301. The van der Waals surface area contributed by atoms with Crippen LogP contribution in [0.2, 0.25) is 0 Å². The fourth-order valence-electron chi connectivity index (χ4n) is 2.28. The van der Waals surface area contributed by atoms with Crippen LogP contribution in [0.25, 0.3) is 15.7 Å². The second kappa shape index (κ2) is 6.36. The average molecular weight is 445 g/mol. The molecule has 12 heteroatoms. The van der Waals surface area contributed by atoms with E-state index in [0.717, 1.165) is 15.7 Å². The highest BCUT2D eigenvalue weighted by Gasteiger charge is 2.31. The molecule has 3 heterocycles. The minimum absolute atomic E-state index is 0.271. The van der Waals surface area contributed by atoms with Crippen LogP contribution in [0.4, 0.5) is 13.2 Å². The van der Waals surface area contributed by atoms with Crippen molar-refractivity contribution in [1.29, 1.82) is 0 Å². The van der Waals surface area contributed by atoms with Gasteiger partial charge in [0.2, 0.25) is 4.96 Å². The summed E-state index contributed by atoms with van der Waals surface area (Å²) in [5.41, 5.74) is 1.49. The van der Waals surface area contributed by atoms with Crippen molar-refractivity contribution in [3.05, 3.63) is 46.3 Å². The molecule has 0 unspecified atom stereocenters. The first-order valence-electron chi connectivity index (χ1n) is 7.14. The minimum Gasteiger partial charge on any atom is -0.406 e. The smallest absolute Gasteiger partial charge is 0.406 e. The zero-order valence-electron chi connectivity index (χ0n) is 12.7. The number of hydrogen-bond acceptors (Lipinski definition) is 6. The lowest BCUT2D eigenvalue weighted by atomic mass is 10.1. The first-order valence-corrected chi connectivity index (χ1v) is 8.75. The minimum atomic E-state index is -4.71. The molecular weight excluding hydrogens is 437 g/mol. The second-order valence-corrected chi connectivity index (χ2v) is 6.99. The summed E-state index contributed by atoms with van der Waals surface area (Å²) in [4.78, 5) is 0.605. The second-order valence-electron chi connectivity index (χ2n) is 5.18. The van der Waals surface area contributed by atoms with E-state index >= 15 is 0 Å². The quantitative estimate of drug-likeness (QED) is 0.517. The van der Waals surface area contributed by atoms with E-state index in [1.54, 1.807) is 22.8 Å². The zero-order chi connectivity index (χ0) is 18.3. The maximum absolute atomic E-state index is 12.2. The van der Waals surface area contributed by atoms with Gasteiger partial charge in [0.05, 0.1) is 10.7 Å². The van der Waals surface area contributed by atoms with Crippen molar-refractivity contribution < 1.29 is 17.9 Å². The molecule has 0 spiro atoms. The SMILES string of the molecule is FC(F)(F)Oc1ccc(Cc2nnc3sc(-c4[nH]ncc4Br)nn23)cc1. The first-order chi connectivity index (χ1) is 12.4. The van der Waals surface area contributed by atoms with Crippen molar-refractivity contribution in [3.8, 4) is 16.5 Å². The Morgan fingerprint density at radius 3 is 2.62 bits per heavy atom. The Kier molecular flexibility index (Phi) is 4.15. The summed E-state index contributed by atoms with van der Waals surface area (Å²) in [6, 6.07) is 5.60. The molecule has 0 atom stereocenters. The topological polar surface area (TPSA) is 81.0 Å². The lowest BCUT2D eigenvalue weighted by molar-refractivity contribution is -0.274. The first kappa shape index (κ1) is 17.0. The van der Waals surface area contributed by atoms with E-state index in [1.807, 2.05) is 0 Å². The van der Waals surface area contributed by atoms with E-state index < -0.39 is 6.36 Å². The Morgan fingerprint density at radius 1 is 1.19 bits per heavy atom. The third-order valence-corrected chi connectivity index (χ3v) is 4.90. The molecule has 0 bridgehead atoms. The fourth-order valence-corrected chi connectivity index (χ4v) is 3.66. The van der Waals surface area contributed by atoms with Gasteiger partial charge in [-0.05, 0) is 33.6 Å². The number of benzene rings is 1. The van der Waals surface area contributed by atoms with Gasteiger partial charge in [-0.2, -0.15) is 14.7 Å². The van der Waals surface area contributed by atoms with Gasteiger partial charge in [0.15, 0.2) is 10.8 Å². The predicted octanol–water partition coefficient (Wildman–Crippen LogP) is 3.83. The number of alkyl halides is 3. The van der Waals surface area contributed by atoms with Gasteiger partial charge in [0, 0.05) is 6.42 Å². The maximum Gasteiger partial charge on any atom is 0.573 e. The number of halogens is 4. The van der Waals surface area contributed by atoms with Crippen LogP contribution in [-0.2, 0) is 6.42 Å². The molecule has 3 aromatic heterocycles. The van der Waals surface area contributed by atoms with Crippen molar-refractivity contribution in [2.45, 2.75) is 12.8 Å². The standard InChI is InChI=1S/C14H8BrF3N6OS/c15-9-6-19-21-11(9)12-23-24-10(20-22-13(24)26-12)5-7-1-3-8(4-2-7)25-14(16,17)18/h1-4,6H,5H2,(H,19,21). The van der Waals surface area contributed by atoms with Crippen molar-refractivity contribution in [3.63, 3.8) is 0 Å². The number of ether oxygens (including phenoxy) is 1. The van der Waals surface area contributed by atoms with Crippen LogP contribution >= 0.6 is 27.3 Å². The van der Waals surface area contributed by atoms with Crippen LogP contribution in [0.15, 0.2) is 34.9 Å². The van der Waals surface area contributed by atoms with E-state index in [0.29, 0.717) is 22.2 Å². The van der Waals surface area contributed by atoms with Gasteiger partial charge in [-0.25, -0.2) is 0 Å². The van der Waals surface area contributed by atoms with Crippen LogP contribution in [0.5, 0.6) is 5.75 Å². The van der Waals surface area contributed by atoms with E-state index in [2.05, 4.69) is 46.2 Å². The maximum atomic E-state index is 12.2. The highest BCUT2D eigenvalue weighted by atomic mass is 79.9. The lowest BCUT2D eigenvalue weighted by Crippen LogP contribution is -2.17. The van der Waals surface area contributed by atoms with Gasteiger partial charge in [-0.15, -0.1) is 23.4 Å². The zero-order valence-corrected chi connectivity index (χ0v) is 15.1. The number of aromatic nitrogens is 6. The van der Waals surface area contributed by atoms with E-state index in [-0.39, 0.29) is 5.75 Å². The number of nitrogens with zero attached hydrogens (tertiary/aromatic N) is 5. The normalized spacial score (nSPS) is 12.0. The highest BCUT2D eigenvalue weighted by molar-refractivity contribution is 9.10. The van der Waals surface area contributed by atoms with Crippen LogP contribution in [0.1, 0.15) is 11.4 Å². The Hall–Kier alpha value is -2.47. The molecule has 0 aliphatic carbocycles. The Labute approximate surface area is 156 Å². The monoisotopic (exact) mass is 444 g/mol. The molecule has 0 aliphatic rings. The molecule has 1 N–H and O–H groups in total. The van der Waals surface area contributed by atoms with Gasteiger partial charge in [-0.1, -0.05) is 23.5 Å². The average Bonchev–Trinajstić information content (AvgIpc) is 3.24. The fraction of sp³-hybridized carbons (Fsp3) is 0.143. The summed E-state index contributed by atoms with van der Waals surface area (Å²) in [7, 11) is 0. The summed E-state index contributed by atoms with van der Waals surface area (Å²) in [5, 5.41) is 20.1. The molecule has 0 saturated heterocycles. The summed E-state index contributed by atoms with van der Waals surface area (Å²) < 4.78 is 42.9. The molecule has 7 nitrogen and oxygen atoms in total. The number of rotatable bonds is 4. The van der Waals surface area contributed by atoms with Gasteiger partial charge in [0.25, 0.3) is 0 Å². The molecule has 4 aromatic rings. The van der Waals surface area contributed by atoms with Gasteiger partial charge < -0.3 is 4.74 Å². The molecule has 0 aliphatic heterocycles. The lowest BCUT2D eigenvalue weighted by Gasteiger charge is -2.08. The van der Waals surface area contributed by atoms with Crippen LogP contribution in [0, 0.1) is 0 Å². The van der Waals surface area contributed by atoms with Crippen LogP contribution in [0.3, 0.4) is 0 Å². The molecule has 4 rings (SSSR count). The molecule has 0 radical (unpaired) electrons. The summed E-state index contributed by atoms with van der Waals surface area (Å²) >= 11 is 4.73. The number of aromatic amines is 1. The number of fused-ring (bicyclic) bond motifs is 1. The Balaban J connectivity index is 1.58. The molecule has 26 heavy (non-hydrogen) atoms. The van der Waals surface area contributed by atoms with E-state index in [9.17, 15) is 13.2 Å². The molecule has 1 aromatic carbocycles. The van der Waals surface area contributed by atoms with Crippen molar-refractivity contribution in [2.24, 2.45) is 0 Å². The van der Waals surface area contributed by atoms with Crippen molar-refractivity contribution in [1.82, 2.24) is 30.0 Å². The largest absolute Gasteiger partial charge is 0.573 e. The summed E-state index contributed by atoms with van der Waals surface area (Å²) in [6.45, 7) is 0. The molecular formula is C14H8BrF3N6OS. The van der Waals surface area contributed by atoms with Gasteiger partial charge >= 0.3 is 6.36 Å². The molecule has 0 fully saturated rings. The van der Waals surface area contributed by atoms with Crippen LogP contribution in [-0.4, -0.2) is 36.4 Å². The van der Waals surface area contributed by atoms with Gasteiger partial charge in [0.1, 0.15) is 11.4 Å². The summed E-state index contributed by atoms with van der Waals surface area (Å²) in [6.07, 6.45) is -2.72. The third kappa shape index (κ3) is 3.42. The van der Waals surface area contributed by atoms with Crippen molar-refractivity contribution in [2.75, 3.05) is 0 Å². The van der Waals surface area contributed by atoms with Gasteiger partial charge in [-0.3, -0.25) is 5.10 Å². The van der Waals surface area contributed by atoms with Crippen LogP contribution < -0.4 is 4.74 Å². The molecule has 0 saturated carbocycles. The number of hydrogen-bond donors (Lipinski definition) is 1.